The summed E-state index contributed by atoms with van der Waals surface area (Å²) in [5.41, 5.74) is 1.56. The van der Waals surface area contributed by atoms with Crippen molar-refractivity contribution in [1.29, 1.82) is 0 Å². The van der Waals surface area contributed by atoms with Crippen LogP contribution in [0.4, 0.5) is 5.69 Å². The van der Waals surface area contributed by atoms with Gasteiger partial charge in [0.2, 0.25) is 0 Å². The van der Waals surface area contributed by atoms with E-state index in [1.165, 1.54) is 0 Å². The Morgan fingerprint density at radius 1 is 1.13 bits per heavy atom. The van der Waals surface area contributed by atoms with Crippen molar-refractivity contribution >= 4 is 23.4 Å². The molecule has 0 aliphatic carbocycles. The molecular weight excluding hydrogens is 310 g/mol. The Bertz CT molecular complexity index is 732. The molecule has 1 unspecified atom stereocenters. The third kappa shape index (κ3) is 2.88. The van der Waals surface area contributed by atoms with Crippen LogP contribution in [0.1, 0.15) is 17.3 Å². The predicted molar refractivity (Wildman–Crippen MR) is 93.0 cm³/mol. The molecule has 0 aromatic heterocycles. The first-order chi connectivity index (χ1) is 11.2. The summed E-state index contributed by atoms with van der Waals surface area (Å²) in [6.07, 6.45) is 0. The van der Waals surface area contributed by atoms with Gasteiger partial charge in [-0.15, -0.1) is 11.8 Å². The van der Waals surface area contributed by atoms with Gasteiger partial charge in [-0.05, 0) is 37.3 Å². The number of nitrogens with zero attached hydrogens (tertiary/aromatic N) is 1. The van der Waals surface area contributed by atoms with Crippen molar-refractivity contribution in [3.8, 4) is 11.5 Å². The molecule has 2 aromatic rings. The van der Waals surface area contributed by atoms with Crippen LogP contribution in [-0.4, -0.2) is 31.9 Å². The molecule has 1 aliphatic heterocycles. The molecule has 4 nitrogen and oxygen atoms in total. The van der Waals surface area contributed by atoms with Crippen LogP contribution < -0.4 is 14.4 Å². The lowest BCUT2D eigenvalue weighted by atomic mass is 10.1. The van der Waals surface area contributed by atoms with Gasteiger partial charge < -0.3 is 14.4 Å². The second-order valence-corrected chi connectivity index (χ2v) is 6.43. The van der Waals surface area contributed by atoms with E-state index in [-0.39, 0.29) is 11.9 Å². The molecule has 0 radical (unpaired) electrons. The van der Waals surface area contributed by atoms with Crippen LogP contribution in [0.3, 0.4) is 0 Å². The lowest BCUT2D eigenvalue weighted by Gasteiger charge is -2.35. The third-order valence-corrected chi connectivity index (χ3v) is 5.20. The average molecular weight is 329 g/mol. The fourth-order valence-corrected chi connectivity index (χ4v) is 3.78. The smallest absolute Gasteiger partial charge is 0.258 e. The van der Waals surface area contributed by atoms with Crippen LogP contribution in [0.2, 0.25) is 0 Å². The van der Waals surface area contributed by atoms with E-state index in [0.717, 1.165) is 16.3 Å². The lowest BCUT2D eigenvalue weighted by Crippen LogP contribution is -2.42. The van der Waals surface area contributed by atoms with Gasteiger partial charge in [-0.25, -0.2) is 0 Å². The van der Waals surface area contributed by atoms with E-state index in [0.29, 0.717) is 17.1 Å². The van der Waals surface area contributed by atoms with Gasteiger partial charge in [0, 0.05) is 22.3 Å². The molecular formula is C18H19NO3S. The fourth-order valence-electron chi connectivity index (χ4n) is 2.72. The minimum atomic E-state index is -0.0220. The maximum Gasteiger partial charge on any atom is 0.258 e. The van der Waals surface area contributed by atoms with E-state index in [1.54, 1.807) is 44.2 Å². The highest BCUT2D eigenvalue weighted by Crippen LogP contribution is 2.38. The number of para-hydroxylation sites is 1. The maximum atomic E-state index is 13.1. The molecule has 5 heteroatoms. The van der Waals surface area contributed by atoms with E-state index in [2.05, 4.69) is 13.0 Å². The van der Waals surface area contributed by atoms with Crippen LogP contribution in [0, 0.1) is 0 Å². The predicted octanol–water partition coefficient (Wildman–Crippen LogP) is 3.84. The molecule has 2 aromatic carbocycles. The first-order valence-electron chi connectivity index (χ1n) is 7.43. The Labute approximate surface area is 140 Å². The van der Waals surface area contributed by atoms with Gasteiger partial charge in [0.15, 0.2) is 11.5 Å². The number of amides is 1. The summed E-state index contributed by atoms with van der Waals surface area (Å²) in [5.74, 6) is 2.04. The standard InChI is InChI=1S/C18H19NO3S/c1-12-11-23-17-7-5-4-6-14(17)19(12)18(20)13-8-9-15(21-2)16(10-13)22-3/h4-10,12H,11H2,1-3H3. The summed E-state index contributed by atoms with van der Waals surface area (Å²) < 4.78 is 10.6. The summed E-state index contributed by atoms with van der Waals surface area (Å²) in [6.45, 7) is 2.07. The highest BCUT2D eigenvalue weighted by molar-refractivity contribution is 7.99. The molecule has 0 fully saturated rings. The van der Waals surface area contributed by atoms with Gasteiger partial charge in [0.05, 0.1) is 19.9 Å². The topological polar surface area (TPSA) is 38.8 Å². The maximum absolute atomic E-state index is 13.1. The SMILES string of the molecule is COc1ccc(C(=O)N2c3ccccc3SCC2C)cc1OC. The number of methoxy groups -OCH3 is 2. The van der Waals surface area contributed by atoms with Gasteiger partial charge in [-0.2, -0.15) is 0 Å². The average Bonchev–Trinajstić information content (AvgIpc) is 2.60. The molecule has 1 heterocycles. The fraction of sp³-hybridized carbons (Fsp3) is 0.278. The first kappa shape index (κ1) is 15.7. The van der Waals surface area contributed by atoms with Crippen molar-refractivity contribution in [2.24, 2.45) is 0 Å². The van der Waals surface area contributed by atoms with Crippen molar-refractivity contribution in [1.82, 2.24) is 0 Å². The summed E-state index contributed by atoms with van der Waals surface area (Å²) in [7, 11) is 3.15. The third-order valence-electron chi connectivity index (χ3n) is 3.89. The number of carbonyl (C=O) groups excluding carboxylic acids is 1. The molecule has 1 amide bonds. The summed E-state index contributed by atoms with van der Waals surface area (Å²) >= 11 is 1.79. The number of rotatable bonds is 3. The van der Waals surface area contributed by atoms with Crippen LogP contribution in [0.5, 0.6) is 11.5 Å². The van der Waals surface area contributed by atoms with E-state index < -0.39 is 0 Å². The quantitative estimate of drug-likeness (QED) is 0.857. The minimum absolute atomic E-state index is 0.0220. The Morgan fingerprint density at radius 2 is 1.87 bits per heavy atom. The second kappa shape index (κ2) is 6.54. The van der Waals surface area contributed by atoms with Crippen LogP contribution in [0.25, 0.3) is 0 Å². The van der Waals surface area contributed by atoms with Gasteiger partial charge in [0.1, 0.15) is 0 Å². The molecule has 3 rings (SSSR count). The second-order valence-electron chi connectivity index (χ2n) is 5.37. The number of thioether (sulfide) groups is 1. The lowest BCUT2D eigenvalue weighted by molar-refractivity contribution is 0.0979. The molecule has 0 N–H and O–H groups in total. The largest absolute Gasteiger partial charge is 0.493 e. The Kier molecular flexibility index (Phi) is 4.48. The molecule has 0 spiro atoms. The van der Waals surface area contributed by atoms with Gasteiger partial charge >= 0.3 is 0 Å². The monoisotopic (exact) mass is 329 g/mol. The molecule has 1 atom stereocenters. The molecule has 23 heavy (non-hydrogen) atoms. The van der Waals surface area contributed by atoms with Gasteiger partial charge in [-0.1, -0.05) is 12.1 Å². The summed E-state index contributed by atoms with van der Waals surface area (Å²) in [5, 5.41) is 0. The first-order valence-corrected chi connectivity index (χ1v) is 8.41. The van der Waals surface area contributed by atoms with E-state index in [9.17, 15) is 4.79 Å². The number of ether oxygens (including phenoxy) is 2. The number of fused-ring (bicyclic) bond motifs is 1. The number of hydrogen-bond donors (Lipinski definition) is 0. The zero-order valence-corrected chi connectivity index (χ0v) is 14.2. The minimum Gasteiger partial charge on any atom is -0.493 e. The zero-order valence-electron chi connectivity index (χ0n) is 13.4. The Hall–Kier alpha value is -2.14. The van der Waals surface area contributed by atoms with Crippen LogP contribution in [0.15, 0.2) is 47.4 Å². The van der Waals surface area contributed by atoms with Crippen molar-refractivity contribution < 1.29 is 14.3 Å². The highest BCUT2D eigenvalue weighted by atomic mass is 32.2. The molecule has 0 saturated carbocycles. The molecule has 1 aliphatic rings. The van der Waals surface area contributed by atoms with Crippen molar-refractivity contribution in [2.75, 3.05) is 24.9 Å². The number of hydrogen-bond acceptors (Lipinski definition) is 4. The van der Waals surface area contributed by atoms with Crippen LogP contribution in [-0.2, 0) is 0 Å². The highest BCUT2D eigenvalue weighted by Gasteiger charge is 2.29. The van der Waals surface area contributed by atoms with Crippen LogP contribution >= 0.6 is 11.8 Å². The number of carbonyl (C=O) groups is 1. The van der Waals surface area contributed by atoms with E-state index in [4.69, 9.17) is 9.47 Å². The van der Waals surface area contributed by atoms with Crippen molar-refractivity contribution in [3.63, 3.8) is 0 Å². The zero-order chi connectivity index (χ0) is 16.4. The van der Waals surface area contributed by atoms with Crippen molar-refractivity contribution in [2.45, 2.75) is 17.9 Å². The summed E-state index contributed by atoms with van der Waals surface area (Å²) in [6, 6.07) is 13.4. The van der Waals surface area contributed by atoms with Crippen molar-refractivity contribution in [3.05, 3.63) is 48.0 Å². The summed E-state index contributed by atoms with van der Waals surface area (Å²) in [4.78, 5) is 16.1. The number of benzene rings is 2. The van der Waals surface area contributed by atoms with E-state index in [1.807, 2.05) is 23.1 Å². The molecule has 120 valence electrons. The normalized spacial score (nSPS) is 16.7. The number of anilines is 1. The molecule has 0 bridgehead atoms. The van der Waals surface area contributed by atoms with E-state index >= 15 is 0 Å². The Morgan fingerprint density at radius 3 is 2.61 bits per heavy atom. The Balaban J connectivity index is 2.00. The van der Waals surface area contributed by atoms with Gasteiger partial charge in [-0.3, -0.25) is 4.79 Å². The van der Waals surface area contributed by atoms with Gasteiger partial charge in [0.25, 0.3) is 5.91 Å². The molecule has 0 saturated heterocycles.